The number of carbonyl (C=O) groups is 1. The average molecular weight is 593 g/mol. The number of nitrogens with zero attached hydrogens (tertiary/aromatic N) is 1. The van der Waals surface area contributed by atoms with Crippen LogP contribution in [0.4, 0.5) is 17.1 Å². The quantitative estimate of drug-likeness (QED) is 0.194. The molecule has 220 valence electrons. The van der Waals surface area contributed by atoms with Crippen LogP contribution in [0.2, 0.25) is 0 Å². The van der Waals surface area contributed by atoms with Gasteiger partial charge in [0.1, 0.15) is 0 Å². The summed E-state index contributed by atoms with van der Waals surface area (Å²) in [4.78, 5) is 16.0. The van der Waals surface area contributed by atoms with Crippen molar-refractivity contribution in [2.24, 2.45) is 11.8 Å². The van der Waals surface area contributed by atoms with E-state index >= 15 is 0 Å². The smallest absolute Gasteiger partial charge is 0.261 e. The Morgan fingerprint density at radius 2 is 1.49 bits per heavy atom. The number of piperidine rings is 1. The van der Waals surface area contributed by atoms with Crippen LogP contribution in [0.25, 0.3) is 11.3 Å². The zero-order valence-electron chi connectivity index (χ0n) is 24.4. The van der Waals surface area contributed by atoms with Crippen molar-refractivity contribution in [2.75, 3.05) is 28.4 Å². The van der Waals surface area contributed by atoms with Crippen LogP contribution in [0.15, 0.2) is 108 Å². The minimum atomic E-state index is -3.89. The lowest BCUT2D eigenvalue weighted by molar-refractivity contribution is -0.110. The Morgan fingerprint density at radius 3 is 2.16 bits per heavy atom. The number of amides is 1. The van der Waals surface area contributed by atoms with Gasteiger partial charge in [0.2, 0.25) is 0 Å². The number of para-hydroxylation sites is 1. The van der Waals surface area contributed by atoms with Gasteiger partial charge in [-0.05, 0) is 71.8 Å². The first-order valence-electron chi connectivity index (χ1n) is 14.7. The number of fused-ring (bicyclic) bond motifs is 1. The average Bonchev–Trinajstić information content (AvgIpc) is 3.31. The van der Waals surface area contributed by atoms with E-state index in [1.165, 1.54) is 18.1 Å². The molecule has 0 spiro atoms. The highest BCUT2D eigenvalue weighted by Gasteiger charge is 2.30. The first-order chi connectivity index (χ1) is 20.7. The summed E-state index contributed by atoms with van der Waals surface area (Å²) in [7, 11) is -3.89. The fourth-order valence-electron chi connectivity index (χ4n) is 6.18. The summed E-state index contributed by atoms with van der Waals surface area (Å²) in [5, 5.41) is 6.41. The molecule has 43 heavy (non-hydrogen) atoms. The third-order valence-electron chi connectivity index (χ3n) is 7.96. The Labute approximate surface area is 253 Å². The second-order valence-electron chi connectivity index (χ2n) is 11.7. The van der Waals surface area contributed by atoms with Crippen LogP contribution in [-0.2, 0) is 21.4 Å². The molecule has 6 rings (SSSR count). The van der Waals surface area contributed by atoms with Crippen molar-refractivity contribution < 1.29 is 13.2 Å². The molecule has 2 aliphatic heterocycles. The van der Waals surface area contributed by atoms with Gasteiger partial charge < -0.3 is 10.6 Å². The maximum absolute atomic E-state index is 13.4. The van der Waals surface area contributed by atoms with Crippen LogP contribution in [0.3, 0.4) is 0 Å². The van der Waals surface area contributed by atoms with Crippen LogP contribution < -0.4 is 15.4 Å². The van der Waals surface area contributed by atoms with Crippen molar-refractivity contribution in [1.29, 1.82) is 0 Å². The molecule has 8 heteroatoms. The van der Waals surface area contributed by atoms with E-state index in [2.05, 4.69) is 46.2 Å². The summed E-state index contributed by atoms with van der Waals surface area (Å²) >= 11 is 0. The number of carbonyl (C=O) groups excluding carboxylic acids is 1. The first kappa shape index (κ1) is 28.7. The topological polar surface area (TPSA) is 90.5 Å². The van der Waals surface area contributed by atoms with Gasteiger partial charge in [0, 0.05) is 42.3 Å². The summed E-state index contributed by atoms with van der Waals surface area (Å²) in [5.41, 5.74) is 5.44. The number of hydrogen-bond acceptors (Lipinski definition) is 5. The molecule has 2 unspecified atom stereocenters. The zero-order chi connectivity index (χ0) is 30.0. The molecule has 1 fully saturated rings. The summed E-state index contributed by atoms with van der Waals surface area (Å²) in [6.45, 7) is 7.78. The van der Waals surface area contributed by atoms with Crippen molar-refractivity contribution >= 4 is 44.3 Å². The predicted octanol–water partition coefficient (Wildman–Crippen LogP) is 6.90. The van der Waals surface area contributed by atoms with Gasteiger partial charge in [-0.2, -0.15) is 0 Å². The van der Waals surface area contributed by atoms with E-state index in [0.29, 0.717) is 40.0 Å². The van der Waals surface area contributed by atoms with Gasteiger partial charge in [-0.25, -0.2) is 8.42 Å². The number of sulfonamides is 1. The van der Waals surface area contributed by atoms with E-state index in [0.717, 1.165) is 30.9 Å². The Morgan fingerprint density at radius 1 is 0.837 bits per heavy atom. The van der Waals surface area contributed by atoms with E-state index in [-0.39, 0.29) is 10.8 Å². The van der Waals surface area contributed by atoms with Crippen LogP contribution in [-0.4, -0.2) is 32.3 Å². The Balaban J connectivity index is 1.33. The van der Waals surface area contributed by atoms with E-state index < -0.39 is 10.0 Å². The van der Waals surface area contributed by atoms with Crippen molar-refractivity contribution in [3.05, 3.63) is 120 Å². The normalized spacial score (nSPS) is 19.8. The summed E-state index contributed by atoms with van der Waals surface area (Å²) < 4.78 is 29.2. The maximum atomic E-state index is 13.4. The Kier molecular flexibility index (Phi) is 8.06. The third kappa shape index (κ3) is 6.50. The number of hydrogen-bond donors (Lipinski definition) is 3. The van der Waals surface area contributed by atoms with Crippen molar-refractivity contribution in [3.63, 3.8) is 0 Å². The second kappa shape index (κ2) is 12.1. The lowest BCUT2D eigenvalue weighted by atomic mass is 9.91. The van der Waals surface area contributed by atoms with E-state index in [1.54, 1.807) is 36.4 Å². The van der Waals surface area contributed by atoms with Crippen molar-refractivity contribution in [2.45, 2.75) is 31.7 Å². The van der Waals surface area contributed by atoms with Crippen LogP contribution in [0.5, 0.6) is 0 Å². The molecule has 1 saturated heterocycles. The molecule has 0 aliphatic carbocycles. The molecule has 1 amide bonds. The number of benzene rings is 4. The summed E-state index contributed by atoms with van der Waals surface area (Å²) in [6.07, 6.45) is 1.28. The first-order valence-corrected chi connectivity index (χ1v) is 16.1. The third-order valence-corrected chi connectivity index (χ3v) is 9.34. The standard InChI is InChI=1S/C35H36N4O3S/c1-24-19-25(2)22-39(21-24)23-26-13-15-28(16-14-26)36-34(27-9-5-3-6-10-27)33-31-20-30(17-18-32(31)37-35(33)40)43(41,42)38-29-11-7-4-8-12-29/h3-18,20,24-25,36,38H,19,21-23H2,1-2H3,(H,37,40)/b34-33-. The van der Waals surface area contributed by atoms with Crippen molar-refractivity contribution in [1.82, 2.24) is 4.90 Å². The van der Waals surface area contributed by atoms with Crippen LogP contribution in [0.1, 0.15) is 37.0 Å². The fourth-order valence-corrected chi connectivity index (χ4v) is 7.27. The zero-order valence-corrected chi connectivity index (χ0v) is 25.2. The summed E-state index contributed by atoms with van der Waals surface area (Å²) in [6, 6.07) is 31.4. The predicted molar refractivity (Wildman–Crippen MR) is 174 cm³/mol. The van der Waals surface area contributed by atoms with Crippen LogP contribution >= 0.6 is 0 Å². The van der Waals surface area contributed by atoms with Crippen LogP contribution in [0, 0.1) is 11.8 Å². The molecule has 4 aromatic rings. The van der Waals surface area contributed by atoms with E-state index in [1.807, 2.05) is 48.5 Å². The molecule has 0 aromatic heterocycles. The van der Waals surface area contributed by atoms with Gasteiger partial charge in [-0.15, -0.1) is 0 Å². The molecular weight excluding hydrogens is 556 g/mol. The number of anilines is 3. The summed E-state index contributed by atoms with van der Waals surface area (Å²) in [5.74, 6) is 1.11. The molecule has 0 radical (unpaired) electrons. The Bertz CT molecular complexity index is 1740. The lowest BCUT2D eigenvalue weighted by Crippen LogP contribution is -2.38. The molecule has 4 aromatic carbocycles. The van der Waals surface area contributed by atoms with Gasteiger partial charge >= 0.3 is 0 Å². The second-order valence-corrected chi connectivity index (χ2v) is 13.4. The molecule has 2 aliphatic rings. The lowest BCUT2D eigenvalue weighted by Gasteiger charge is -2.35. The van der Waals surface area contributed by atoms with Gasteiger partial charge in [-0.3, -0.25) is 14.4 Å². The highest BCUT2D eigenvalue weighted by molar-refractivity contribution is 7.92. The van der Waals surface area contributed by atoms with Crippen molar-refractivity contribution in [3.8, 4) is 0 Å². The molecule has 7 nitrogen and oxygen atoms in total. The number of rotatable bonds is 8. The largest absolute Gasteiger partial charge is 0.354 e. The highest BCUT2D eigenvalue weighted by atomic mass is 32.2. The minimum Gasteiger partial charge on any atom is -0.354 e. The monoisotopic (exact) mass is 592 g/mol. The van der Waals surface area contributed by atoms with E-state index in [9.17, 15) is 13.2 Å². The van der Waals surface area contributed by atoms with Gasteiger partial charge in [0.15, 0.2) is 0 Å². The SMILES string of the molecule is CC1CC(C)CN(Cc2ccc(N/C(=C3\C(=O)Nc4ccc(S(=O)(=O)Nc5ccccc5)cc43)c3ccccc3)cc2)C1. The number of likely N-dealkylation sites (tertiary alicyclic amines) is 1. The molecule has 0 bridgehead atoms. The van der Waals surface area contributed by atoms with Gasteiger partial charge in [-0.1, -0.05) is 74.5 Å². The van der Waals surface area contributed by atoms with Gasteiger partial charge in [0.05, 0.1) is 16.2 Å². The Hall–Kier alpha value is -4.40. The minimum absolute atomic E-state index is 0.0715. The number of nitrogens with one attached hydrogen (secondary N) is 3. The molecule has 2 atom stereocenters. The van der Waals surface area contributed by atoms with E-state index in [4.69, 9.17) is 0 Å². The molecular formula is C35H36N4O3S. The molecule has 2 heterocycles. The molecule has 0 saturated carbocycles. The fraction of sp³-hybridized carbons (Fsp3) is 0.229. The maximum Gasteiger partial charge on any atom is 0.261 e. The highest BCUT2D eigenvalue weighted by Crippen LogP contribution is 2.39. The molecule has 3 N–H and O–H groups in total. The van der Waals surface area contributed by atoms with Gasteiger partial charge in [0.25, 0.3) is 15.9 Å².